The molecule has 2 rings (SSSR count). The Morgan fingerprint density at radius 3 is 2.26 bits per heavy atom. The van der Waals surface area contributed by atoms with Crippen LogP contribution in [-0.4, -0.2) is 31.4 Å². The molecule has 0 aliphatic carbocycles. The Hall–Kier alpha value is -1.91. The Morgan fingerprint density at radius 1 is 1.11 bits per heavy atom. The lowest BCUT2D eigenvalue weighted by molar-refractivity contribution is -0.142. The highest BCUT2D eigenvalue weighted by atomic mass is 16.5. The summed E-state index contributed by atoms with van der Waals surface area (Å²) in [6.07, 6.45) is -1.11. The second kappa shape index (κ2) is 7.51. The quantitative estimate of drug-likeness (QED) is 0.667. The molecule has 4 heteroatoms. The maximum Gasteiger partial charge on any atom is 0.340 e. The van der Waals surface area contributed by atoms with E-state index in [2.05, 4.69) is 4.74 Å². The normalized spacial score (nSPS) is 11.4. The number of methoxy groups -OCH3 is 1. The molecule has 1 atom stereocenters. The Bertz CT molecular complexity index is 534. The van der Waals surface area contributed by atoms with Gasteiger partial charge in [0.05, 0.1) is 0 Å². The van der Waals surface area contributed by atoms with E-state index in [-0.39, 0.29) is 0 Å². The highest BCUT2D eigenvalue weighted by molar-refractivity contribution is 5.85. The summed E-state index contributed by atoms with van der Waals surface area (Å²) >= 11 is 0. The predicted molar refractivity (Wildman–Crippen MR) is 74.2 cm³/mol. The molecule has 4 nitrogen and oxygen atoms in total. The van der Waals surface area contributed by atoms with Crippen LogP contribution in [0.25, 0.3) is 10.8 Å². The first-order valence-corrected chi connectivity index (χ1v) is 5.87. The van der Waals surface area contributed by atoms with Gasteiger partial charge in [-0.3, -0.25) is 0 Å². The Kier molecular flexibility index (Phi) is 5.99. The SMILES string of the molecule is CC(O)C(=O)Oc1ccc2ccccc2c1.COC. The van der Waals surface area contributed by atoms with Gasteiger partial charge < -0.3 is 14.6 Å². The van der Waals surface area contributed by atoms with E-state index in [9.17, 15) is 4.79 Å². The predicted octanol–water partition coefficient (Wildman–Crippen LogP) is 2.39. The molecule has 0 bridgehead atoms. The molecule has 0 amide bonds. The third-order valence-electron chi connectivity index (χ3n) is 2.28. The average Bonchev–Trinajstić information content (AvgIpc) is 2.39. The number of ether oxygens (including phenoxy) is 2. The minimum atomic E-state index is -1.11. The van der Waals surface area contributed by atoms with Crippen LogP contribution in [0.3, 0.4) is 0 Å². The fraction of sp³-hybridized carbons (Fsp3) is 0.267. The minimum absolute atomic E-state index is 0.449. The summed E-state index contributed by atoms with van der Waals surface area (Å²) in [5, 5.41) is 11.1. The highest BCUT2D eigenvalue weighted by Crippen LogP contribution is 2.20. The maximum atomic E-state index is 11.2. The zero-order chi connectivity index (χ0) is 14.3. The van der Waals surface area contributed by atoms with E-state index in [0.29, 0.717) is 5.75 Å². The molecule has 0 aliphatic heterocycles. The number of esters is 1. The van der Waals surface area contributed by atoms with E-state index in [1.165, 1.54) is 6.92 Å². The summed E-state index contributed by atoms with van der Waals surface area (Å²) in [4.78, 5) is 11.2. The minimum Gasteiger partial charge on any atom is -0.425 e. The van der Waals surface area contributed by atoms with Crippen LogP contribution in [-0.2, 0) is 9.53 Å². The number of carbonyl (C=O) groups is 1. The number of aliphatic hydroxyl groups excluding tert-OH is 1. The second-order valence-corrected chi connectivity index (χ2v) is 4.01. The molecule has 0 radical (unpaired) electrons. The van der Waals surface area contributed by atoms with E-state index in [4.69, 9.17) is 9.84 Å². The smallest absolute Gasteiger partial charge is 0.340 e. The number of benzene rings is 2. The van der Waals surface area contributed by atoms with Crippen molar-refractivity contribution in [3.63, 3.8) is 0 Å². The van der Waals surface area contributed by atoms with E-state index in [0.717, 1.165) is 10.8 Å². The zero-order valence-electron chi connectivity index (χ0n) is 11.3. The van der Waals surface area contributed by atoms with Crippen LogP contribution in [0.4, 0.5) is 0 Å². The topological polar surface area (TPSA) is 55.8 Å². The molecule has 19 heavy (non-hydrogen) atoms. The van der Waals surface area contributed by atoms with Crippen LogP contribution in [0, 0.1) is 0 Å². The Labute approximate surface area is 112 Å². The molecule has 0 spiro atoms. The molecule has 0 saturated heterocycles. The molecule has 0 heterocycles. The molecule has 0 saturated carbocycles. The van der Waals surface area contributed by atoms with Gasteiger partial charge in [-0.15, -0.1) is 0 Å². The van der Waals surface area contributed by atoms with Crippen LogP contribution < -0.4 is 4.74 Å². The van der Waals surface area contributed by atoms with Crippen LogP contribution >= 0.6 is 0 Å². The van der Waals surface area contributed by atoms with Gasteiger partial charge in [0.15, 0.2) is 0 Å². The van der Waals surface area contributed by atoms with Crippen LogP contribution in [0.5, 0.6) is 5.75 Å². The van der Waals surface area contributed by atoms with Crippen molar-refractivity contribution in [2.45, 2.75) is 13.0 Å². The third-order valence-corrected chi connectivity index (χ3v) is 2.28. The van der Waals surface area contributed by atoms with Gasteiger partial charge in [0.25, 0.3) is 0 Å². The van der Waals surface area contributed by atoms with E-state index >= 15 is 0 Å². The lowest BCUT2D eigenvalue weighted by atomic mass is 10.1. The van der Waals surface area contributed by atoms with Gasteiger partial charge in [-0.1, -0.05) is 30.3 Å². The number of rotatable bonds is 2. The van der Waals surface area contributed by atoms with E-state index < -0.39 is 12.1 Å². The molecule has 2 aromatic carbocycles. The Morgan fingerprint density at radius 2 is 1.68 bits per heavy atom. The van der Waals surface area contributed by atoms with Gasteiger partial charge in [-0.2, -0.15) is 0 Å². The third kappa shape index (κ3) is 4.69. The summed E-state index contributed by atoms with van der Waals surface area (Å²) in [6.45, 7) is 1.38. The Balaban J connectivity index is 0.000000550. The lowest BCUT2D eigenvalue weighted by Crippen LogP contribution is -2.22. The van der Waals surface area contributed by atoms with Crippen LogP contribution in [0.2, 0.25) is 0 Å². The molecule has 2 aromatic rings. The molecule has 0 aromatic heterocycles. The summed E-state index contributed by atoms with van der Waals surface area (Å²) in [5.41, 5.74) is 0. The number of carbonyl (C=O) groups excluding carboxylic acids is 1. The fourth-order valence-corrected chi connectivity index (χ4v) is 1.43. The zero-order valence-corrected chi connectivity index (χ0v) is 11.3. The van der Waals surface area contributed by atoms with Gasteiger partial charge >= 0.3 is 5.97 Å². The number of fused-ring (bicyclic) bond motifs is 1. The van der Waals surface area contributed by atoms with Crippen LogP contribution in [0.1, 0.15) is 6.92 Å². The van der Waals surface area contributed by atoms with Gasteiger partial charge in [0.2, 0.25) is 0 Å². The average molecular weight is 262 g/mol. The van der Waals surface area contributed by atoms with E-state index in [1.807, 2.05) is 30.3 Å². The summed E-state index contributed by atoms with van der Waals surface area (Å²) in [5.74, 6) is -0.195. The standard InChI is InChI=1S/C13H12O3.C2H6O/c1-9(14)13(15)16-12-7-6-10-4-2-3-5-11(10)8-12;1-3-2/h2-9,14H,1H3;1-2H3. The second-order valence-electron chi connectivity index (χ2n) is 4.01. The van der Waals surface area contributed by atoms with Crippen molar-refractivity contribution in [3.05, 3.63) is 42.5 Å². The molecule has 1 N–H and O–H groups in total. The van der Waals surface area contributed by atoms with Gasteiger partial charge in [-0.25, -0.2) is 4.79 Å². The highest BCUT2D eigenvalue weighted by Gasteiger charge is 2.11. The van der Waals surface area contributed by atoms with Crippen molar-refractivity contribution in [1.82, 2.24) is 0 Å². The van der Waals surface area contributed by atoms with Crippen molar-refractivity contribution >= 4 is 16.7 Å². The van der Waals surface area contributed by atoms with Crippen molar-refractivity contribution in [3.8, 4) is 5.75 Å². The molecule has 0 fully saturated rings. The summed E-state index contributed by atoms with van der Waals surface area (Å²) in [7, 11) is 3.25. The van der Waals surface area contributed by atoms with Crippen molar-refractivity contribution in [1.29, 1.82) is 0 Å². The van der Waals surface area contributed by atoms with E-state index in [1.54, 1.807) is 26.4 Å². The van der Waals surface area contributed by atoms with Gasteiger partial charge in [0.1, 0.15) is 11.9 Å². The number of hydrogen-bond donors (Lipinski definition) is 1. The first-order chi connectivity index (χ1) is 9.08. The first kappa shape index (κ1) is 15.1. The monoisotopic (exact) mass is 262 g/mol. The molecular weight excluding hydrogens is 244 g/mol. The number of aliphatic hydroxyl groups is 1. The first-order valence-electron chi connectivity index (χ1n) is 5.87. The van der Waals surface area contributed by atoms with Crippen molar-refractivity contribution in [2.75, 3.05) is 14.2 Å². The molecule has 0 aliphatic rings. The number of hydrogen-bond acceptors (Lipinski definition) is 4. The largest absolute Gasteiger partial charge is 0.425 e. The van der Waals surface area contributed by atoms with Gasteiger partial charge in [0, 0.05) is 14.2 Å². The van der Waals surface area contributed by atoms with Crippen molar-refractivity contribution < 1.29 is 19.4 Å². The lowest BCUT2D eigenvalue weighted by Gasteiger charge is -2.06. The molecule has 1 unspecified atom stereocenters. The fourth-order valence-electron chi connectivity index (χ4n) is 1.43. The van der Waals surface area contributed by atoms with Gasteiger partial charge in [-0.05, 0) is 29.8 Å². The molecular formula is C15H18O4. The van der Waals surface area contributed by atoms with Crippen LogP contribution in [0.15, 0.2) is 42.5 Å². The summed E-state index contributed by atoms with van der Waals surface area (Å²) < 4.78 is 9.24. The van der Waals surface area contributed by atoms with Crippen molar-refractivity contribution in [2.24, 2.45) is 0 Å². The summed E-state index contributed by atoms with van der Waals surface area (Å²) in [6, 6.07) is 13.1. The molecule has 102 valence electrons. The maximum absolute atomic E-state index is 11.2.